The first-order chi connectivity index (χ1) is 11.8. The molecule has 5 nitrogen and oxygen atoms in total. The van der Waals surface area contributed by atoms with Gasteiger partial charge in [0.05, 0.1) is 17.9 Å². The van der Waals surface area contributed by atoms with Gasteiger partial charge in [-0.2, -0.15) is 22.3 Å². The topological polar surface area (TPSA) is 68.5 Å². The molecule has 2 rings (SSSR count). The molecule has 1 aromatic heterocycles. The number of amides is 1. The number of ether oxygens (including phenoxy) is 1. The Hall–Kier alpha value is -2.33. The lowest BCUT2D eigenvalue weighted by molar-refractivity contribution is -0.119. The number of alkyl halides is 2. The number of benzene rings is 1. The summed E-state index contributed by atoms with van der Waals surface area (Å²) in [7, 11) is 1.42. The van der Waals surface area contributed by atoms with Gasteiger partial charge < -0.3 is 15.4 Å². The van der Waals surface area contributed by atoms with Crippen molar-refractivity contribution >= 4 is 25.1 Å². The predicted molar refractivity (Wildman–Crippen MR) is 92.7 cm³/mol. The summed E-state index contributed by atoms with van der Waals surface area (Å²) >= 11 is 0. The van der Waals surface area contributed by atoms with E-state index in [1.165, 1.54) is 30.3 Å². The molecule has 1 amide bonds. The first-order valence-electron chi connectivity index (χ1n) is 7.15. The number of carbonyl (C=O) groups is 1. The van der Waals surface area contributed by atoms with Gasteiger partial charge in [-0.3, -0.25) is 4.79 Å². The van der Waals surface area contributed by atoms with Crippen LogP contribution in [0.5, 0.6) is 5.88 Å². The van der Waals surface area contributed by atoms with Crippen molar-refractivity contribution < 1.29 is 27.1 Å². The molecule has 26 heavy (non-hydrogen) atoms. The lowest BCUT2D eigenvalue weighted by Gasteiger charge is -2.21. The van der Waals surface area contributed by atoms with Gasteiger partial charge in [0.1, 0.15) is 11.6 Å². The highest BCUT2D eigenvalue weighted by Gasteiger charge is 2.20. The van der Waals surface area contributed by atoms with E-state index >= 15 is 0 Å². The summed E-state index contributed by atoms with van der Waals surface area (Å²) in [6.07, 6.45) is 1.10. The number of nitrogens with two attached hydrogens (primary N) is 1. The summed E-state index contributed by atoms with van der Waals surface area (Å²) in [5, 5.41) is 0. The third-order valence-corrected chi connectivity index (χ3v) is 3.34. The fourth-order valence-electron chi connectivity index (χ4n) is 2.18. The molecule has 2 aromatic rings. The van der Waals surface area contributed by atoms with Gasteiger partial charge in [-0.25, -0.2) is 13.8 Å². The van der Waals surface area contributed by atoms with E-state index < -0.39 is 30.2 Å². The quantitative estimate of drug-likeness (QED) is 0.769. The van der Waals surface area contributed by atoms with Gasteiger partial charge in [0.25, 0.3) is 0 Å². The van der Waals surface area contributed by atoms with Crippen molar-refractivity contribution in [1.82, 2.24) is 4.98 Å². The zero-order valence-electron chi connectivity index (χ0n) is 13.6. The number of pyridine rings is 1. The van der Waals surface area contributed by atoms with Gasteiger partial charge in [0.15, 0.2) is 0 Å². The molecule has 0 radical (unpaired) electrons. The molecular formula is C16H17F4N3O2S. The number of hydrogen-bond acceptors (Lipinski definition) is 4. The van der Waals surface area contributed by atoms with Gasteiger partial charge in [-0.15, -0.1) is 0 Å². The van der Waals surface area contributed by atoms with Crippen LogP contribution in [0.2, 0.25) is 0 Å². The standard InChI is InChI=1S/C16H15F4N3O2.H2S/c1-23(12-2-3-14(22-8-12)25-16(19)20)15(24)13(21)6-9-4-10(17)7-11(18)5-9;/h2-5,7-8,13,16H,6,21H2,1H3;1H2/t13-;/m0./s1. The van der Waals surface area contributed by atoms with Crippen molar-refractivity contribution in [2.75, 3.05) is 11.9 Å². The molecule has 142 valence electrons. The molecule has 1 heterocycles. The Kier molecular flexibility index (Phi) is 7.84. The zero-order valence-corrected chi connectivity index (χ0v) is 14.6. The van der Waals surface area contributed by atoms with Gasteiger partial charge in [-0.1, -0.05) is 0 Å². The molecule has 2 N–H and O–H groups in total. The summed E-state index contributed by atoms with van der Waals surface area (Å²) in [5.41, 5.74) is 6.34. The van der Waals surface area contributed by atoms with E-state index in [0.717, 1.165) is 18.2 Å². The van der Waals surface area contributed by atoms with Crippen molar-refractivity contribution in [3.8, 4) is 5.88 Å². The van der Waals surface area contributed by atoms with Crippen molar-refractivity contribution in [3.63, 3.8) is 0 Å². The zero-order chi connectivity index (χ0) is 18.6. The highest BCUT2D eigenvalue weighted by molar-refractivity contribution is 7.59. The number of halogens is 4. The number of nitrogens with zero attached hydrogens (tertiary/aromatic N) is 2. The van der Waals surface area contributed by atoms with Crippen LogP contribution in [-0.4, -0.2) is 30.6 Å². The number of rotatable bonds is 6. The third-order valence-electron chi connectivity index (χ3n) is 3.34. The smallest absolute Gasteiger partial charge is 0.388 e. The molecule has 0 aliphatic carbocycles. The second kappa shape index (κ2) is 9.39. The average molecular weight is 391 g/mol. The largest absolute Gasteiger partial charge is 0.417 e. The van der Waals surface area contributed by atoms with Crippen LogP contribution in [0.1, 0.15) is 5.56 Å². The lowest BCUT2D eigenvalue weighted by atomic mass is 10.1. The van der Waals surface area contributed by atoms with Crippen molar-refractivity contribution in [2.24, 2.45) is 5.73 Å². The van der Waals surface area contributed by atoms with E-state index in [1.54, 1.807) is 0 Å². The fraction of sp³-hybridized carbons (Fsp3) is 0.250. The first kappa shape index (κ1) is 21.7. The highest BCUT2D eigenvalue weighted by Crippen LogP contribution is 2.18. The number of anilines is 1. The van der Waals surface area contributed by atoms with E-state index in [2.05, 4.69) is 9.72 Å². The molecule has 0 fully saturated rings. The molecule has 0 saturated heterocycles. The van der Waals surface area contributed by atoms with Gasteiger partial charge in [-0.05, 0) is 30.2 Å². The average Bonchev–Trinajstić information content (AvgIpc) is 2.52. The van der Waals surface area contributed by atoms with Crippen LogP contribution in [0.25, 0.3) is 0 Å². The van der Waals surface area contributed by atoms with Crippen molar-refractivity contribution in [1.29, 1.82) is 0 Å². The van der Waals surface area contributed by atoms with E-state index in [9.17, 15) is 22.4 Å². The lowest BCUT2D eigenvalue weighted by Crippen LogP contribution is -2.43. The number of carbonyl (C=O) groups excluding carboxylic acids is 1. The summed E-state index contributed by atoms with van der Waals surface area (Å²) in [4.78, 5) is 17.1. The van der Waals surface area contributed by atoms with Crippen molar-refractivity contribution in [3.05, 3.63) is 53.7 Å². The summed E-state index contributed by atoms with van der Waals surface area (Å²) in [6.45, 7) is -3.00. The Balaban J connectivity index is 0.00000338. The van der Waals surface area contributed by atoms with Crippen LogP contribution in [0.3, 0.4) is 0 Å². The molecule has 0 aliphatic rings. The molecule has 0 spiro atoms. The third kappa shape index (κ3) is 5.88. The Bertz CT molecular complexity index is 727. The SMILES string of the molecule is CN(C(=O)[C@@H](N)Cc1cc(F)cc(F)c1)c1ccc(OC(F)F)nc1.S. The van der Waals surface area contributed by atoms with Crippen LogP contribution in [0.4, 0.5) is 23.2 Å². The molecule has 0 saturated carbocycles. The Morgan fingerprint density at radius 2 is 1.85 bits per heavy atom. The fourth-order valence-corrected chi connectivity index (χ4v) is 2.18. The van der Waals surface area contributed by atoms with E-state index in [0.29, 0.717) is 5.69 Å². The maximum Gasteiger partial charge on any atom is 0.388 e. The maximum absolute atomic E-state index is 13.2. The Morgan fingerprint density at radius 3 is 2.35 bits per heavy atom. The minimum atomic E-state index is -3.00. The maximum atomic E-state index is 13.2. The molecule has 1 aromatic carbocycles. The summed E-state index contributed by atoms with van der Waals surface area (Å²) in [6, 6.07) is 4.39. The summed E-state index contributed by atoms with van der Waals surface area (Å²) < 4.78 is 54.6. The highest BCUT2D eigenvalue weighted by atomic mass is 32.1. The second-order valence-electron chi connectivity index (χ2n) is 5.22. The van der Waals surface area contributed by atoms with Gasteiger partial charge in [0, 0.05) is 19.2 Å². The minimum Gasteiger partial charge on any atom is -0.417 e. The van der Waals surface area contributed by atoms with E-state index in [1.807, 2.05) is 0 Å². The van der Waals surface area contributed by atoms with E-state index in [-0.39, 0.29) is 31.4 Å². The minimum absolute atomic E-state index is 0. The number of hydrogen-bond donors (Lipinski definition) is 1. The summed E-state index contributed by atoms with van der Waals surface area (Å²) in [5.74, 6) is -2.35. The van der Waals surface area contributed by atoms with Crippen LogP contribution in [-0.2, 0) is 11.2 Å². The predicted octanol–water partition coefficient (Wildman–Crippen LogP) is 2.61. The van der Waals surface area contributed by atoms with Crippen LogP contribution >= 0.6 is 13.5 Å². The second-order valence-corrected chi connectivity index (χ2v) is 5.22. The molecular weight excluding hydrogens is 374 g/mol. The number of likely N-dealkylation sites (N-methyl/N-ethyl adjacent to an activating group) is 1. The van der Waals surface area contributed by atoms with Gasteiger partial charge >= 0.3 is 6.61 Å². The molecule has 0 unspecified atom stereocenters. The van der Waals surface area contributed by atoms with Crippen LogP contribution in [0.15, 0.2) is 36.5 Å². The van der Waals surface area contributed by atoms with Gasteiger partial charge in [0.2, 0.25) is 11.8 Å². The molecule has 0 aliphatic heterocycles. The van der Waals surface area contributed by atoms with Crippen molar-refractivity contribution in [2.45, 2.75) is 19.1 Å². The Morgan fingerprint density at radius 1 is 1.23 bits per heavy atom. The van der Waals surface area contributed by atoms with E-state index in [4.69, 9.17) is 5.73 Å². The molecule has 1 atom stereocenters. The molecule has 10 heteroatoms. The first-order valence-corrected chi connectivity index (χ1v) is 7.15. The number of aromatic nitrogens is 1. The monoisotopic (exact) mass is 391 g/mol. The van der Waals surface area contributed by atoms with Crippen LogP contribution in [0, 0.1) is 11.6 Å². The normalized spacial score (nSPS) is 11.7. The Labute approximate surface area is 154 Å². The molecule has 0 bridgehead atoms. The van der Waals surface area contributed by atoms with Crippen LogP contribution < -0.4 is 15.4 Å².